The molecule has 1 atom stereocenters. The van der Waals surface area contributed by atoms with Gasteiger partial charge in [-0.25, -0.2) is 0 Å². The van der Waals surface area contributed by atoms with Crippen molar-refractivity contribution in [2.24, 2.45) is 16.8 Å². The molecule has 1 saturated heterocycles. The summed E-state index contributed by atoms with van der Waals surface area (Å²) >= 11 is 0. The third kappa shape index (κ3) is 7.86. The number of benzene rings is 1. The van der Waals surface area contributed by atoms with E-state index in [0.717, 1.165) is 37.3 Å². The number of hydrogen-bond donors (Lipinski definition) is 2. The van der Waals surface area contributed by atoms with Crippen molar-refractivity contribution < 1.29 is 4.74 Å². The van der Waals surface area contributed by atoms with Crippen molar-refractivity contribution in [3.05, 3.63) is 29.8 Å². The molecular formula is C21H35IN4O. The van der Waals surface area contributed by atoms with E-state index >= 15 is 0 Å². The van der Waals surface area contributed by atoms with Crippen molar-refractivity contribution in [3.63, 3.8) is 0 Å². The Balaban J connectivity index is 0.00000261. The summed E-state index contributed by atoms with van der Waals surface area (Å²) < 4.78 is 5.99. The van der Waals surface area contributed by atoms with Gasteiger partial charge in [0.15, 0.2) is 5.96 Å². The predicted octanol–water partition coefficient (Wildman–Crippen LogP) is 3.49. The van der Waals surface area contributed by atoms with Gasteiger partial charge in [-0.1, -0.05) is 25.1 Å². The highest BCUT2D eigenvalue weighted by molar-refractivity contribution is 14.0. The third-order valence-electron chi connectivity index (χ3n) is 5.20. The molecule has 27 heavy (non-hydrogen) atoms. The standard InChI is InChI=1S/C21H34N4O.HI/c1-17(15-25-11-5-6-12-25)13-23-21(22-2)24-14-19-7-3-4-8-20(19)26-16-18-9-10-18;/h3-4,7-8,17-18H,5-6,9-16H2,1-2H3,(H2,22,23,24);1H. The summed E-state index contributed by atoms with van der Waals surface area (Å²) in [4.78, 5) is 6.93. The number of nitrogens with one attached hydrogen (secondary N) is 2. The van der Waals surface area contributed by atoms with Crippen molar-refractivity contribution in [2.75, 3.05) is 39.8 Å². The Hall–Kier alpha value is -1.02. The van der Waals surface area contributed by atoms with Crippen LogP contribution in [0.25, 0.3) is 0 Å². The Morgan fingerprint density at radius 1 is 1.22 bits per heavy atom. The average molecular weight is 486 g/mol. The van der Waals surface area contributed by atoms with E-state index in [0.29, 0.717) is 5.92 Å². The zero-order chi connectivity index (χ0) is 18.2. The van der Waals surface area contributed by atoms with E-state index in [1.54, 1.807) is 0 Å². The molecule has 1 unspecified atom stereocenters. The first kappa shape index (κ1) is 22.3. The molecule has 3 rings (SSSR count). The first-order valence-corrected chi connectivity index (χ1v) is 10.1. The molecule has 152 valence electrons. The van der Waals surface area contributed by atoms with E-state index in [-0.39, 0.29) is 24.0 Å². The number of rotatable bonds is 9. The zero-order valence-corrected chi connectivity index (χ0v) is 19.1. The molecule has 5 nitrogen and oxygen atoms in total. The second-order valence-electron chi connectivity index (χ2n) is 7.78. The maximum atomic E-state index is 5.99. The molecule has 2 fully saturated rings. The average Bonchev–Trinajstić information content (AvgIpc) is 3.35. The lowest BCUT2D eigenvalue weighted by Gasteiger charge is -2.21. The molecule has 6 heteroatoms. The molecule has 1 aromatic carbocycles. The first-order chi connectivity index (χ1) is 12.7. The summed E-state index contributed by atoms with van der Waals surface area (Å²) in [7, 11) is 1.83. The Morgan fingerprint density at radius 3 is 2.67 bits per heavy atom. The summed E-state index contributed by atoms with van der Waals surface area (Å²) in [6.45, 7) is 8.50. The van der Waals surface area contributed by atoms with Crippen LogP contribution in [0.15, 0.2) is 29.3 Å². The van der Waals surface area contributed by atoms with Gasteiger partial charge in [0.2, 0.25) is 0 Å². The molecule has 0 bridgehead atoms. The normalized spacial score (nSPS) is 18.7. The van der Waals surface area contributed by atoms with Gasteiger partial charge in [-0.05, 0) is 56.7 Å². The number of aliphatic imine (C=N–C) groups is 1. The quantitative estimate of drug-likeness (QED) is 0.319. The van der Waals surface area contributed by atoms with Gasteiger partial charge in [0.1, 0.15) is 5.75 Å². The minimum Gasteiger partial charge on any atom is -0.493 e. The summed E-state index contributed by atoms with van der Waals surface area (Å²) in [5.74, 6) is 3.23. The SMILES string of the molecule is CN=C(NCc1ccccc1OCC1CC1)NCC(C)CN1CCCC1.I. The van der Waals surface area contributed by atoms with E-state index in [1.165, 1.54) is 50.9 Å². The summed E-state index contributed by atoms with van der Waals surface area (Å²) in [6, 6.07) is 8.29. The Bertz CT molecular complexity index is 585. The molecule has 2 aliphatic rings. The lowest BCUT2D eigenvalue weighted by molar-refractivity contribution is 0.287. The van der Waals surface area contributed by atoms with Crippen molar-refractivity contribution in [1.29, 1.82) is 0 Å². The highest BCUT2D eigenvalue weighted by Crippen LogP contribution is 2.30. The van der Waals surface area contributed by atoms with E-state index in [2.05, 4.69) is 45.6 Å². The molecule has 1 aliphatic heterocycles. The highest BCUT2D eigenvalue weighted by Gasteiger charge is 2.22. The highest BCUT2D eigenvalue weighted by atomic mass is 127. The van der Waals surface area contributed by atoms with Gasteiger partial charge in [-0.15, -0.1) is 24.0 Å². The lowest BCUT2D eigenvalue weighted by Crippen LogP contribution is -2.41. The molecule has 1 heterocycles. The lowest BCUT2D eigenvalue weighted by atomic mass is 10.1. The molecule has 1 saturated carbocycles. The number of para-hydroxylation sites is 1. The van der Waals surface area contributed by atoms with Crippen LogP contribution in [-0.2, 0) is 6.54 Å². The monoisotopic (exact) mass is 486 g/mol. The molecule has 2 N–H and O–H groups in total. The molecule has 1 aromatic rings. The van der Waals surface area contributed by atoms with Crippen LogP contribution in [0.5, 0.6) is 5.75 Å². The van der Waals surface area contributed by atoms with Crippen molar-refractivity contribution in [3.8, 4) is 5.75 Å². The Kier molecular flexibility index (Phi) is 9.68. The molecule has 0 amide bonds. The van der Waals surface area contributed by atoms with Gasteiger partial charge in [-0.3, -0.25) is 4.99 Å². The number of hydrogen-bond acceptors (Lipinski definition) is 3. The van der Waals surface area contributed by atoms with Gasteiger partial charge in [0.05, 0.1) is 6.61 Å². The van der Waals surface area contributed by atoms with Crippen LogP contribution in [-0.4, -0.2) is 50.7 Å². The topological polar surface area (TPSA) is 48.9 Å². The van der Waals surface area contributed by atoms with E-state index in [9.17, 15) is 0 Å². The number of guanidine groups is 1. The van der Waals surface area contributed by atoms with Gasteiger partial charge in [0, 0.05) is 32.2 Å². The number of ether oxygens (including phenoxy) is 1. The van der Waals surface area contributed by atoms with Crippen LogP contribution in [0.1, 0.15) is 38.2 Å². The molecule has 0 radical (unpaired) electrons. The maximum Gasteiger partial charge on any atom is 0.191 e. The summed E-state index contributed by atoms with van der Waals surface area (Å²) in [6.07, 6.45) is 5.33. The van der Waals surface area contributed by atoms with Crippen molar-refractivity contribution >= 4 is 29.9 Å². The number of nitrogens with zero attached hydrogens (tertiary/aromatic N) is 2. The first-order valence-electron chi connectivity index (χ1n) is 10.1. The molecule has 0 aromatic heterocycles. The van der Waals surface area contributed by atoms with Crippen molar-refractivity contribution in [2.45, 2.75) is 39.2 Å². The van der Waals surface area contributed by atoms with Crippen LogP contribution < -0.4 is 15.4 Å². The fourth-order valence-corrected chi connectivity index (χ4v) is 3.42. The van der Waals surface area contributed by atoms with E-state index in [4.69, 9.17) is 4.74 Å². The van der Waals surface area contributed by atoms with Crippen molar-refractivity contribution in [1.82, 2.24) is 15.5 Å². The minimum atomic E-state index is 0. The van der Waals surface area contributed by atoms with E-state index < -0.39 is 0 Å². The van der Waals surface area contributed by atoms with Gasteiger partial charge < -0.3 is 20.3 Å². The van der Waals surface area contributed by atoms with Gasteiger partial charge in [0.25, 0.3) is 0 Å². The van der Waals surface area contributed by atoms with Gasteiger partial charge >= 0.3 is 0 Å². The van der Waals surface area contributed by atoms with Crippen LogP contribution in [0.4, 0.5) is 0 Å². The van der Waals surface area contributed by atoms with Crippen LogP contribution in [0.2, 0.25) is 0 Å². The minimum absolute atomic E-state index is 0. The Morgan fingerprint density at radius 2 is 1.96 bits per heavy atom. The van der Waals surface area contributed by atoms with Crippen LogP contribution >= 0.6 is 24.0 Å². The molecule has 0 spiro atoms. The maximum absolute atomic E-state index is 5.99. The molecule has 1 aliphatic carbocycles. The summed E-state index contributed by atoms with van der Waals surface area (Å²) in [5.41, 5.74) is 1.18. The number of likely N-dealkylation sites (tertiary alicyclic amines) is 1. The zero-order valence-electron chi connectivity index (χ0n) is 16.7. The fourth-order valence-electron chi connectivity index (χ4n) is 3.42. The van der Waals surface area contributed by atoms with Crippen LogP contribution in [0, 0.1) is 11.8 Å². The largest absolute Gasteiger partial charge is 0.493 e. The third-order valence-corrected chi connectivity index (χ3v) is 5.20. The van der Waals surface area contributed by atoms with Gasteiger partial charge in [-0.2, -0.15) is 0 Å². The molecular weight excluding hydrogens is 451 g/mol. The summed E-state index contributed by atoms with van der Waals surface area (Å²) in [5, 5.41) is 6.89. The second-order valence-corrected chi connectivity index (χ2v) is 7.78. The van der Waals surface area contributed by atoms with E-state index in [1.807, 2.05) is 13.1 Å². The van der Waals surface area contributed by atoms with Crippen LogP contribution in [0.3, 0.4) is 0 Å². The Labute approximate surface area is 181 Å². The smallest absolute Gasteiger partial charge is 0.191 e. The number of halogens is 1. The second kappa shape index (κ2) is 11.7. The predicted molar refractivity (Wildman–Crippen MR) is 123 cm³/mol. The fraction of sp³-hybridized carbons (Fsp3) is 0.667.